The zero-order chi connectivity index (χ0) is 22.9. The van der Waals surface area contributed by atoms with E-state index < -0.39 is 10.2 Å². The van der Waals surface area contributed by atoms with Gasteiger partial charge in [-0.3, -0.25) is 9.59 Å². The first kappa shape index (κ1) is 23.9. The van der Waals surface area contributed by atoms with Crippen molar-refractivity contribution in [2.45, 2.75) is 77.0 Å². The quantitative estimate of drug-likeness (QED) is 0.613. The summed E-state index contributed by atoms with van der Waals surface area (Å²) in [6, 6.07) is -0.381. The predicted octanol–water partition coefficient (Wildman–Crippen LogP) is 1.06. The van der Waals surface area contributed by atoms with Crippen LogP contribution in [0.3, 0.4) is 0 Å². The number of carbonyl (C=O) groups excluding carboxylic acids is 2. The molecule has 1 aliphatic carbocycles. The van der Waals surface area contributed by atoms with Gasteiger partial charge in [0.2, 0.25) is 11.8 Å². The van der Waals surface area contributed by atoms with Crippen molar-refractivity contribution >= 4 is 22.0 Å². The molecule has 2 amide bonds. The molecule has 9 nitrogen and oxygen atoms in total. The molecule has 0 bridgehead atoms. The Morgan fingerprint density at radius 1 is 0.750 bits per heavy atom. The summed E-state index contributed by atoms with van der Waals surface area (Å²) in [7, 11) is -3.57. The lowest BCUT2D eigenvalue weighted by molar-refractivity contribution is -0.147. The maximum atomic E-state index is 13.3. The molecule has 10 heteroatoms. The van der Waals surface area contributed by atoms with Crippen molar-refractivity contribution < 1.29 is 22.7 Å². The highest BCUT2D eigenvalue weighted by molar-refractivity contribution is 7.86. The SMILES string of the molecule is CC1CN(S(=O)(=O)N2CCN(C(=O)C3CCCN3C(=O)C3CCCCC3)CC2)CC(C)O1. The van der Waals surface area contributed by atoms with Crippen LogP contribution in [0.15, 0.2) is 0 Å². The number of amides is 2. The molecule has 0 radical (unpaired) electrons. The zero-order valence-electron chi connectivity index (χ0n) is 19.4. The third-order valence-corrected chi connectivity index (χ3v) is 9.33. The smallest absolute Gasteiger partial charge is 0.282 e. The second-order valence-corrected chi connectivity index (χ2v) is 11.8. The van der Waals surface area contributed by atoms with Crippen LogP contribution in [0.4, 0.5) is 0 Å². The molecule has 3 unspecified atom stereocenters. The molecular formula is C22H38N4O5S. The van der Waals surface area contributed by atoms with Crippen molar-refractivity contribution in [3.05, 3.63) is 0 Å². The van der Waals surface area contributed by atoms with Crippen molar-refractivity contribution in [1.29, 1.82) is 0 Å². The Morgan fingerprint density at radius 3 is 2.00 bits per heavy atom. The van der Waals surface area contributed by atoms with Crippen LogP contribution in [-0.4, -0.2) is 103 Å². The minimum atomic E-state index is -3.57. The fourth-order valence-electron chi connectivity index (χ4n) is 5.70. The predicted molar refractivity (Wildman–Crippen MR) is 120 cm³/mol. The molecule has 0 spiro atoms. The fraction of sp³-hybridized carbons (Fsp3) is 0.909. The van der Waals surface area contributed by atoms with Crippen molar-refractivity contribution in [3.63, 3.8) is 0 Å². The first-order valence-corrected chi connectivity index (χ1v) is 13.7. The monoisotopic (exact) mass is 470 g/mol. The van der Waals surface area contributed by atoms with E-state index in [-0.39, 0.29) is 49.1 Å². The Morgan fingerprint density at radius 2 is 1.38 bits per heavy atom. The summed E-state index contributed by atoms with van der Waals surface area (Å²) in [5.74, 6) is 0.201. The van der Waals surface area contributed by atoms with Gasteiger partial charge in [0.15, 0.2) is 0 Å². The molecule has 4 fully saturated rings. The Bertz CT molecular complexity index is 782. The topological polar surface area (TPSA) is 90.5 Å². The van der Waals surface area contributed by atoms with E-state index in [0.717, 1.165) is 32.1 Å². The summed E-state index contributed by atoms with van der Waals surface area (Å²) in [5, 5.41) is 0. The molecular weight excluding hydrogens is 432 g/mol. The van der Waals surface area contributed by atoms with E-state index in [2.05, 4.69) is 0 Å². The lowest BCUT2D eigenvalue weighted by atomic mass is 9.88. The largest absolute Gasteiger partial charge is 0.373 e. The van der Waals surface area contributed by atoms with Crippen LogP contribution in [0.5, 0.6) is 0 Å². The van der Waals surface area contributed by atoms with Gasteiger partial charge in [-0.1, -0.05) is 19.3 Å². The number of morpholine rings is 1. The fourth-order valence-corrected chi connectivity index (χ4v) is 7.45. The molecule has 0 aromatic carbocycles. The number of ether oxygens (including phenoxy) is 1. The second kappa shape index (κ2) is 9.95. The second-order valence-electron chi connectivity index (χ2n) is 9.83. The maximum Gasteiger partial charge on any atom is 0.282 e. The Balaban J connectivity index is 1.34. The lowest BCUT2D eigenvalue weighted by Gasteiger charge is -2.41. The first-order valence-electron chi connectivity index (χ1n) is 12.3. The van der Waals surface area contributed by atoms with Crippen LogP contribution in [0.1, 0.15) is 58.8 Å². The van der Waals surface area contributed by atoms with Gasteiger partial charge < -0.3 is 14.5 Å². The Kier molecular flexibility index (Phi) is 7.43. The van der Waals surface area contributed by atoms with Crippen LogP contribution < -0.4 is 0 Å². The maximum absolute atomic E-state index is 13.3. The lowest BCUT2D eigenvalue weighted by Crippen LogP contribution is -2.59. The molecule has 3 aliphatic heterocycles. The summed E-state index contributed by atoms with van der Waals surface area (Å²) in [6.07, 6.45) is 6.56. The average Bonchev–Trinajstić information content (AvgIpc) is 3.28. The molecule has 0 N–H and O–H groups in total. The zero-order valence-corrected chi connectivity index (χ0v) is 20.3. The van der Waals surface area contributed by atoms with Crippen molar-refractivity contribution in [2.24, 2.45) is 5.92 Å². The van der Waals surface area contributed by atoms with E-state index in [9.17, 15) is 18.0 Å². The van der Waals surface area contributed by atoms with Gasteiger partial charge in [0.25, 0.3) is 10.2 Å². The third kappa shape index (κ3) is 4.98. The van der Waals surface area contributed by atoms with E-state index in [1.807, 2.05) is 18.7 Å². The van der Waals surface area contributed by atoms with Gasteiger partial charge in [0, 0.05) is 51.7 Å². The molecule has 3 heterocycles. The van der Waals surface area contributed by atoms with Gasteiger partial charge in [0.1, 0.15) is 6.04 Å². The normalized spacial score (nSPS) is 31.8. The summed E-state index contributed by atoms with van der Waals surface area (Å²) >= 11 is 0. The molecule has 3 atom stereocenters. The standard InChI is InChI=1S/C22H38N4O5S/c1-17-15-25(16-18(2)31-17)32(29,30)24-13-11-23(12-14-24)22(28)20-9-6-10-26(20)21(27)19-7-4-3-5-8-19/h17-20H,3-16H2,1-2H3. The van der Waals surface area contributed by atoms with E-state index in [4.69, 9.17) is 4.74 Å². The van der Waals surface area contributed by atoms with Gasteiger partial charge in [-0.25, -0.2) is 0 Å². The minimum absolute atomic E-state index is 0.0164. The molecule has 0 aromatic rings. The van der Waals surface area contributed by atoms with E-state index >= 15 is 0 Å². The van der Waals surface area contributed by atoms with E-state index in [1.54, 1.807) is 4.90 Å². The van der Waals surface area contributed by atoms with Crippen LogP contribution >= 0.6 is 0 Å². The Labute approximate surface area is 192 Å². The first-order chi connectivity index (χ1) is 15.3. The highest BCUT2D eigenvalue weighted by atomic mass is 32.2. The summed E-state index contributed by atoms with van der Waals surface area (Å²) in [5.41, 5.74) is 0. The molecule has 32 heavy (non-hydrogen) atoms. The van der Waals surface area contributed by atoms with Crippen LogP contribution in [0, 0.1) is 5.92 Å². The van der Waals surface area contributed by atoms with Gasteiger partial charge in [-0.15, -0.1) is 0 Å². The Hall–Kier alpha value is -1.23. The molecule has 3 saturated heterocycles. The molecule has 4 aliphatic rings. The van der Waals surface area contributed by atoms with Crippen LogP contribution in [-0.2, 0) is 24.5 Å². The van der Waals surface area contributed by atoms with E-state index in [1.165, 1.54) is 15.0 Å². The summed E-state index contributed by atoms with van der Waals surface area (Å²) < 4.78 is 34.9. The van der Waals surface area contributed by atoms with Gasteiger partial charge in [-0.05, 0) is 39.5 Å². The highest BCUT2D eigenvalue weighted by Gasteiger charge is 2.41. The van der Waals surface area contributed by atoms with Crippen LogP contribution in [0.2, 0.25) is 0 Å². The number of nitrogens with zero attached hydrogens (tertiary/aromatic N) is 4. The number of carbonyl (C=O) groups is 2. The number of hydrogen-bond acceptors (Lipinski definition) is 5. The average molecular weight is 471 g/mol. The van der Waals surface area contributed by atoms with E-state index in [0.29, 0.717) is 39.1 Å². The summed E-state index contributed by atoms with van der Waals surface area (Å²) in [6.45, 7) is 6.46. The number of rotatable bonds is 4. The molecule has 0 aromatic heterocycles. The van der Waals surface area contributed by atoms with Crippen molar-refractivity contribution in [2.75, 3.05) is 45.8 Å². The summed E-state index contributed by atoms with van der Waals surface area (Å²) in [4.78, 5) is 29.9. The third-order valence-electron chi connectivity index (χ3n) is 7.36. The minimum Gasteiger partial charge on any atom is -0.373 e. The van der Waals surface area contributed by atoms with Crippen molar-refractivity contribution in [1.82, 2.24) is 18.4 Å². The van der Waals surface area contributed by atoms with Gasteiger partial charge in [-0.2, -0.15) is 17.0 Å². The van der Waals surface area contributed by atoms with Gasteiger partial charge >= 0.3 is 0 Å². The van der Waals surface area contributed by atoms with Crippen LogP contribution in [0.25, 0.3) is 0 Å². The number of piperazine rings is 1. The number of likely N-dealkylation sites (tertiary alicyclic amines) is 1. The molecule has 4 rings (SSSR count). The highest BCUT2D eigenvalue weighted by Crippen LogP contribution is 2.29. The number of hydrogen-bond donors (Lipinski definition) is 0. The van der Waals surface area contributed by atoms with Crippen molar-refractivity contribution in [3.8, 4) is 0 Å². The molecule has 182 valence electrons. The molecule has 1 saturated carbocycles. The van der Waals surface area contributed by atoms with Gasteiger partial charge in [0.05, 0.1) is 12.2 Å².